The van der Waals surface area contributed by atoms with Crippen molar-refractivity contribution in [2.75, 3.05) is 20.2 Å². The number of ether oxygens (including phenoxy) is 1. The van der Waals surface area contributed by atoms with Gasteiger partial charge in [0.25, 0.3) is 0 Å². The number of rotatable bonds is 7. The van der Waals surface area contributed by atoms with Crippen molar-refractivity contribution in [3.8, 4) is 5.75 Å². The largest absolute Gasteiger partial charge is 0.497 e. The van der Waals surface area contributed by atoms with Crippen LogP contribution in [0.3, 0.4) is 0 Å². The molecule has 1 aromatic carbocycles. The maximum absolute atomic E-state index is 11.9. The molecule has 6 nitrogen and oxygen atoms in total. The highest BCUT2D eigenvalue weighted by Gasteiger charge is 2.15. The summed E-state index contributed by atoms with van der Waals surface area (Å²) in [6, 6.07) is 6.96. The summed E-state index contributed by atoms with van der Waals surface area (Å²) in [6.07, 6.45) is 0.708. The van der Waals surface area contributed by atoms with Crippen LogP contribution < -0.4 is 10.1 Å². The van der Waals surface area contributed by atoms with Crippen LogP contribution in [0.15, 0.2) is 24.3 Å². The first-order chi connectivity index (χ1) is 9.56. The minimum Gasteiger partial charge on any atom is -0.497 e. The van der Waals surface area contributed by atoms with E-state index in [0.717, 1.165) is 5.56 Å². The second kappa shape index (κ2) is 8.04. The molecule has 0 heterocycles. The average molecular weight is 280 g/mol. The van der Waals surface area contributed by atoms with E-state index in [2.05, 4.69) is 5.32 Å². The van der Waals surface area contributed by atoms with E-state index < -0.39 is 5.97 Å². The van der Waals surface area contributed by atoms with Crippen LogP contribution in [-0.4, -0.2) is 42.2 Å². The lowest BCUT2D eigenvalue weighted by molar-refractivity contribution is -0.137. The third kappa shape index (κ3) is 5.17. The number of hydrogen-bond donors (Lipinski definition) is 2. The Balaban J connectivity index is 2.57. The summed E-state index contributed by atoms with van der Waals surface area (Å²) in [7, 11) is 1.58. The smallest absolute Gasteiger partial charge is 0.323 e. The molecule has 0 atom stereocenters. The zero-order chi connectivity index (χ0) is 15.0. The molecule has 1 rings (SSSR count). The molecule has 0 aromatic heterocycles. The van der Waals surface area contributed by atoms with Crippen LogP contribution in [0.2, 0.25) is 0 Å². The topological polar surface area (TPSA) is 78.9 Å². The number of carbonyl (C=O) groups excluding carboxylic acids is 1. The molecular weight excluding hydrogens is 260 g/mol. The maximum Gasteiger partial charge on any atom is 0.323 e. The minimum atomic E-state index is -1.02. The molecule has 0 aliphatic carbocycles. The highest BCUT2D eigenvalue weighted by atomic mass is 16.5. The van der Waals surface area contributed by atoms with Gasteiger partial charge in [-0.25, -0.2) is 4.79 Å². The van der Waals surface area contributed by atoms with E-state index in [-0.39, 0.29) is 12.6 Å². The van der Waals surface area contributed by atoms with Crippen molar-refractivity contribution in [3.05, 3.63) is 29.8 Å². The van der Waals surface area contributed by atoms with Gasteiger partial charge in [-0.1, -0.05) is 19.1 Å². The first kappa shape index (κ1) is 15.8. The van der Waals surface area contributed by atoms with Gasteiger partial charge in [0.1, 0.15) is 12.3 Å². The maximum atomic E-state index is 11.9. The molecule has 2 N–H and O–H groups in total. The Morgan fingerprint density at radius 3 is 2.75 bits per heavy atom. The molecular formula is C14H20N2O4. The normalized spacial score (nSPS) is 9.90. The van der Waals surface area contributed by atoms with Crippen LogP contribution in [0.1, 0.15) is 18.9 Å². The summed E-state index contributed by atoms with van der Waals surface area (Å²) in [6.45, 7) is 2.34. The number of urea groups is 1. The van der Waals surface area contributed by atoms with E-state index in [1.807, 2.05) is 31.2 Å². The molecule has 0 unspecified atom stereocenters. The summed E-state index contributed by atoms with van der Waals surface area (Å²) in [5, 5.41) is 11.5. The van der Waals surface area contributed by atoms with Gasteiger partial charge >= 0.3 is 12.0 Å². The quantitative estimate of drug-likeness (QED) is 0.796. The fourth-order valence-electron chi connectivity index (χ4n) is 1.76. The zero-order valence-corrected chi connectivity index (χ0v) is 11.8. The van der Waals surface area contributed by atoms with Crippen LogP contribution >= 0.6 is 0 Å². The second-order valence-corrected chi connectivity index (χ2v) is 4.33. The molecule has 2 amide bonds. The molecule has 0 aliphatic heterocycles. The van der Waals surface area contributed by atoms with Gasteiger partial charge in [-0.2, -0.15) is 0 Å². The van der Waals surface area contributed by atoms with E-state index in [1.54, 1.807) is 7.11 Å². The third-order valence-corrected chi connectivity index (χ3v) is 2.68. The predicted molar refractivity (Wildman–Crippen MR) is 74.7 cm³/mol. The van der Waals surface area contributed by atoms with Gasteiger partial charge in [0, 0.05) is 13.1 Å². The Morgan fingerprint density at radius 1 is 1.40 bits per heavy atom. The monoisotopic (exact) mass is 280 g/mol. The standard InChI is InChI=1S/C14H20N2O4/c1-3-7-16(10-13(17)18)14(19)15-9-11-5-4-6-12(8-11)20-2/h4-6,8H,3,7,9-10H2,1-2H3,(H,15,19)(H,17,18). The molecule has 20 heavy (non-hydrogen) atoms. The average Bonchev–Trinajstić information content (AvgIpc) is 2.44. The molecule has 1 aromatic rings. The number of aliphatic carboxylic acids is 1. The fourth-order valence-corrected chi connectivity index (χ4v) is 1.76. The van der Waals surface area contributed by atoms with Crippen molar-refractivity contribution in [1.29, 1.82) is 0 Å². The first-order valence-corrected chi connectivity index (χ1v) is 6.44. The number of carboxylic acid groups (broad SMARTS) is 1. The van der Waals surface area contributed by atoms with Crippen LogP contribution in [0.25, 0.3) is 0 Å². The van der Waals surface area contributed by atoms with Crippen LogP contribution in [0.4, 0.5) is 4.79 Å². The third-order valence-electron chi connectivity index (χ3n) is 2.68. The van der Waals surface area contributed by atoms with Gasteiger partial charge < -0.3 is 20.1 Å². The van der Waals surface area contributed by atoms with Crippen LogP contribution in [-0.2, 0) is 11.3 Å². The first-order valence-electron chi connectivity index (χ1n) is 6.44. The Hall–Kier alpha value is -2.24. The number of nitrogens with one attached hydrogen (secondary N) is 1. The fraction of sp³-hybridized carbons (Fsp3) is 0.429. The lowest BCUT2D eigenvalue weighted by atomic mass is 10.2. The second-order valence-electron chi connectivity index (χ2n) is 4.33. The molecule has 0 saturated heterocycles. The molecule has 0 radical (unpaired) electrons. The molecule has 0 saturated carbocycles. The summed E-state index contributed by atoms with van der Waals surface area (Å²) >= 11 is 0. The Morgan fingerprint density at radius 2 is 2.15 bits per heavy atom. The highest BCUT2D eigenvalue weighted by molar-refractivity contribution is 5.80. The Labute approximate surface area is 118 Å². The van der Waals surface area contributed by atoms with Gasteiger partial charge in [-0.3, -0.25) is 4.79 Å². The number of hydrogen-bond acceptors (Lipinski definition) is 3. The van der Waals surface area contributed by atoms with Gasteiger partial charge in [-0.05, 0) is 24.1 Å². The summed E-state index contributed by atoms with van der Waals surface area (Å²) in [4.78, 5) is 23.9. The SMILES string of the molecule is CCCN(CC(=O)O)C(=O)NCc1cccc(OC)c1. The van der Waals surface area contributed by atoms with E-state index in [1.165, 1.54) is 4.90 Å². The van der Waals surface area contributed by atoms with Crippen LogP contribution in [0.5, 0.6) is 5.75 Å². The van der Waals surface area contributed by atoms with Crippen molar-refractivity contribution in [3.63, 3.8) is 0 Å². The molecule has 0 aliphatic rings. The Kier molecular flexibility index (Phi) is 6.36. The van der Waals surface area contributed by atoms with E-state index in [4.69, 9.17) is 9.84 Å². The number of nitrogens with zero attached hydrogens (tertiary/aromatic N) is 1. The number of benzene rings is 1. The molecule has 0 spiro atoms. The molecule has 0 fully saturated rings. The van der Waals surface area contributed by atoms with Crippen molar-refractivity contribution < 1.29 is 19.4 Å². The van der Waals surface area contributed by atoms with Crippen molar-refractivity contribution >= 4 is 12.0 Å². The van der Waals surface area contributed by atoms with Gasteiger partial charge in [0.15, 0.2) is 0 Å². The molecule has 0 bridgehead atoms. The van der Waals surface area contributed by atoms with Crippen molar-refractivity contribution in [2.45, 2.75) is 19.9 Å². The number of amides is 2. The van der Waals surface area contributed by atoms with Gasteiger partial charge in [-0.15, -0.1) is 0 Å². The number of carbonyl (C=O) groups is 2. The summed E-state index contributed by atoms with van der Waals surface area (Å²) < 4.78 is 5.10. The van der Waals surface area contributed by atoms with E-state index >= 15 is 0 Å². The van der Waals surface area contributed by atoms with Gasteiger partial charge in [0.05, 0.1) is 7.11 Å². The van der Waals surface area contributed by atoms with Crippen molar-refractivity contribution in [2.24, 2.45) is 0 Å². The summed E-state index contributed by atoms with van der Waals surface area (Å²) in [5.74, 6) is -0.303. The summed E-state index contributed by atoms with van der Waals surface area (Å²) in [5.41, 5.74) is 0.893. The molecule has 6 heteroatoms. The lowest BCUT2D eigenvalue weighted by Gasteiger charge is -2.20. The van der Waals surface area contributed by atoms with E-state index in [9.17, 15) is 9.59 Å². The number of carboxylic acids is 1. The predicted octanol–water partition coefficient (Wildman–Crippen LogP) is 1.70. The van der Waals surface area contributed by atoms with Gasteiger partial charge in [0.2, 0.25) is 0 Å². The van der Waals surface area contributed by atoms with Crippen LogP contribution in [0, 0.1) is 0 Å². The molecule has 110 valence electrons. The Bertz CT molecular complexity index is 462. The number of methoxy groups -OCH3 is 1. The zero-order valence-electron chi connectivity index (χ0n) is 11.8. The lowest BCUT2D eigenvalue weighted by Crippen LogP contribution is -2.42. The van der Waals surface area contributed by atoms with E-state index in [0.29, 0.717) is 25.3 Å². The highest BCUT2D eigenvalue weighted by Crippen LogP contribution is 2.12. The van der Waals surface area contributed by atoms with Crippen molar-refractivity contribution in [1.82, 2.24) is 10.2 Å². The minimum absolute atomic E-state index is 0.294.